The number of halogens is 3. The van der Waals surface area contributed by atoms with Gasteiger partial charge in [0, 0.05) is 11.1 Å². The van der Waals surface area contributed by atoms with Crippen LogP contribution in [0.4, 0.5) is 0 Å². The quantitative estimate of drug-likeness (QED) is 0.695. The van der Waals surface area contributed by atoms with Crippen molar-refractivity contribution in [2.45, 2.75) is 6.04 Å². The van der Waals surface area contributed by atoms with Gasteiger partial charge in [0.25, 0.3) is 0 Å². The molecule has 1 heterocycles. The summed E-state index contributed by atoms with van der Waals surface area (Å²) in [6.45, 7) is 0. The van der Waals surface area contributed by atoms with Crippen LogP contribution in [0.2, 0.25) is 10.0 Å². The lowest BCUT2D eigenvalue weighted by Gasteiger charge is -2.18. The highest BCUT2D eigenvalue weighted by Gasteiger charge is 2.18. The van der Waals surface area contributed by atoms with Crippen molar-refractivity contribution in [3.05, 3.63) is 47.6 Å². The third kappa shape index (κ3) is 3.36. The van der Waals surface area contributed by atoms with E-state index in [2.05, 4.69) is 39.4 Å². The molecule has 1 N–H and O–H groups in total. The topological polar surface area (TPSA) is 21.3 Å². The van der Waals surface area contributed by atoms with Crippen LogP contribution in [0.15, 0.2) is 23.6 Å². The summed E-state index contributed by atoms with van der Waals surface area (Å²) >= 11 is 16.5. The Labute approximate surface area is 140 Å². The number of thiophene rings is 1. The number of methoxy groups -OCH3 is 1. The summed E-state index contributed by atoms with van der Waals surface area (Å²) < 4.78 is 6.41. The number of hydrogen-bond donors (Lipinski definition) is 1. The molecule has 0 radical (unpaired) electrons. The van der Waals surface area contributed by atoms with E-state index in [1.807, 2.05) is 13.1 Å². The first-order valence-electron chi connectivity index (χ1n) is 5.51. The van der Waals surface area contributed by atoms with Gasteiger partial charge in [0.15, 0.2) is 0 Å². The molecule has 0 fully saturated rings. The second-order valence-electron chi connectivity index (χ2n) is 3.91. The summed E-state index contributed by atoms with van der Waals surface area (Å²) in [6, 6.07) is 5.77. The van der Waals surface area contributed by atoms with E-state index in [1.54, 1.807) is 24.5 Å². The van der Waals surface area contributed by atoms with E-state index in [4.69, 9.17) is 27.9 Å². The third-order valence-corrected chi connectivity index (χ3v) is 5.22. The molecule has 0 saturated heterocycles. The average Bonchev–Trinajstić information content (AvgIpc) is 2.80. The molecule has 0 aliphatic carbocycles. The van der Waals surface area contributed by atoms with Crippen molar-refractivity contribution in [2.75, 3.05) is 14.2 Å². The van der Waals surface area contributed by atoms with Crippen LogP contribution in [0.5, 0.6) is 5.75 Å². The molecule has 0 amide bonds. The van der Waals surface area contributed by atoms with E-state index < -0.39 is 0 Å². The Hall–Kier alpha value is -0.0100. The van der Waals surface area contributed by atoms with Gasteiger partial charge < -0.3 is 10.1 Å². The van der Waals surface area contributed by atoms with Crippen molar-refractivity contribution in [2.24, 2.45) is 0 Å². The lowest BCUT2D eigenvalue weighted by molar-refractivity contribution is 0.415. The molecule has 0 bridgehead atoms. The summed E-state index contributed by atoms with van der Waals surface area (Å²) in [4.78, 5) is 0. The Morgan fingerprint density at radius 2 is 2.00 bits per heavy atom. The normalized spacial score (nSPS) is 12.5. The molecule has 1 unspecified atom stereocenters. The number of rotatable bonds is 4. The minimum atomic E-state index is 0.0238. The smallest absolute Gasteiger partial charge is 0.138 e. The summed E-state index contributed by atoms with van der Waals surface area (Å²) in [5, 5.41) is 6.60. The van der Waals surface area contributed by atoms with Crippen LogP contribution >= 0.6 is 57.1 Å². The largest absolute Gasteiger partial charge is 0.495 e. The minimum absolute atomic E-state index is 0.0238. The minimum Gasteiger partial charge on any atom is -0.495 e. The second kappa shape index (κ2) is 6.63. The van der Waals surface area contributed by atoms with Crippen molar-refractivity contribution >= 4 is 57.1 Å². The van der Waals surface area contributed by atoms with Gasteiger partial charge >= 0.3 is 0 Å². The van der Waals surface area contributed by atoms with Gasteiger partial charge in [-0.3, -0.25) is 0 Å². The van der Waals surface area contributed by atoms with Crippen molar-refractivity contribution in [1.29, 1.82) is 0 Å². The molecular formula is C13H12Cl2INOS. The van der Waals surface area contributed by atoms with Gasteiger partial charge in [0.1, 0.15) is 5.75 Å². The van der Waals surface area contributed by atoms with Crippen molar-refractivity contribution in [1.82, 2.24) is 5.32 Å². The molecule has 0 aliphatic rings. The maximum absolute atomic E-state index is 6.33. The first-order chi connectivity index (χ1) is 9.06. The fraction of sp³-hybridized carbons (Fsp3) is 0.231. The summed E-state index contributed by atoms with van der Waals surface area (Å²) in [5.41, 5.74) is 2.13. The maximum atomic E-state index is 6.33. The predicted molar refractivity (Wildman–Crippen MR) is 91.0 cm³/mol. The van der Waals surface area contributed by atoms with Crippen molar-refractivity contribution in [3.8, 4) is 5.75 Å². The van der Waals surface area contributed by atoms with Crippen LogP contribution in [0.25, 0.3) is 0 Å². The SMILES string of the molecule is CNC(c1csc(I)c1)c1cc(Cl)c(OC)cc1Cl. The van der Waals surface area contributed by atoms with E-state index in [9.17, 15) is 0 Å². The molecule has 1 atom stereocenters. The number of ether oxygens (including phenoxy) is 1. The molecule has 1 aromatic heterocycles. The van der Waals surface area contributed by atoms with Gasteiger partial charge in [-0.15, -0.1) is 11.3 Å². The number of nitrogens with one attached hydrogen (secondary N) is 1. The molecule has 0 spiro atoms. The van der Waals surface area contributed by atoms with Crippen LogP contribution in [0.1, 0.15) is 17.2 Å². The molecule has 0 saturated carbocycles. The zero-order valence-electron chi connectivity index (χ0n) is 10.3. The van der Waals surface area contributed by atoms with Gasteiger partial charge in [0.2, 0.25) is 0 Å². The van der Waals surface area contributed by atoms with Crippen molar-refractivity contribution < 1.29 is 4.74 Å². The molecule has 1 aromatic carbocycles. The Balaban J connectivity index is 2.47. The highest BCUT2D eigenvalue weighted by molar-refractivity contribution is 14.1. The van der Waals surface area contributed by atoms with Gasteiger partial charge in [-0.25, -0.2) is 0 Å². The highest BCUT2D eigenvalue weighted by Crippen LogP contribution is 2.37. The molecule has 2 rings (SSSR count). The first kappa shape index (κ1) is 15.4. The third-order valence-electron chi connectivity index (χ3n) is 2.79. The van der Waals surface area contributed by atoms with E-state index in [0.29, 0.717) is 15.8 Å². The van der Waals surface area contributed by atoms with Crippen LogP contribution in [0.3, 0.4) is 0 Å². The van der Waals surface area contributed by atoms with Gasteiger partial charge in [-0.1, -0.05) is 23.2 Å². The van der Waals surface area contributed by atoms with Crippen LogP contribution in [-0.2, 0) is 0 Å². The summed E-state index contributed by atoms with van der Waals surface area (Å²) in [6.07, 6.45) is 0. The molecule has 19 heavy (non-hydrogen) atoms. The zero-order chi connectivity index (χ0) is 14.0. The maximum Gasteiger partial charge on any atom is 0.138 e. The van der Waals surface area contributed by atoms with Gasteiger partial charge in [-0.05, 0) is 58.3 Å². The lowest BCUT2D eigenvalue weighted by atomic mass is 10.0. The molecule has 102 valence electrons. The highest BCUT2D eigenvalue weighted by atomic mass is 127. The standard InChI is InChI=1S/C13H12Cl2INOS/c1-17-13(7-3-12(16)19-6-7)8-4-10(15)11(18-2)5-9(8)14/h3-6,13,17H,1-2H3. The molecule has 6 heteroatoms. The molecule has 0 aliphatic heterocycles. The second-order valence-corrected chi connectivity index (χ2v) is 7.53. The van der Waals surface area contributed by atoms with E-state index >= 15 is 0 Å². The van der Waals surface area contributed by atoms with Gasteiger partial charge in [0.05, 0.1) is 21.1 Å². The van der Waals surface area contributed by atoms with Crippen LogP contribution in [0, 0.1) is 2.88 Å². The molecular weight excluding hydrogens is 416 g/mol. The van der Waals surface area contributed by atoms with Crippen LogP contribution < -0.4 is 10.1 Å². The summed E-state index contributed by atoms with van der Waals surface area (Å²) in [5.74, 6) is 0.588. The predicted octanol–water partition coefficient (Wildman–Crippen LogP) is 4.98. The molecule has 2 aromatic rings. The summed E-state index contributed by atoms with van der Waals surface area (Å²) in [7, 11) is 3.48. The van der Waals surface area contributed by atoms with E-state index in [0.717, 1.165) is 5.56 Å². The molecule has 2 nitrogen and oxygen atoms in total. The number of benzene rings is 1. The van der Waals surface area contributed by atoms with E-state index in [-0.39, 0.29) is 6.04 Å². The fourth-order valence-corrected chi connectivity index (χ4v) is 3.81. The van der Waals surface area contributed by atoms with Crippen molar-refractivity contribution in [3.63, 3.8) is 0 Å². The Kier molecular flexibility index (Phi) is 5.37. The Morgan fingerprint density at radius 3 is 2.53 bits per heavy atom. The lowest BCUT2D eigenvalue weighted by Crippen LogP contribution is -2.17. The monoisotopic (exact) mass is 427 g/mol. The average molecular weight is 428 g/mol. The zero-order valence-corrected chi connectivity index (χ0v) is 14.8. The Bertz CT molecular complexity index is 588. The first-order valence-corrected chi connectivity index (χ1v) is 8.22. The van der Waals surface area contributed by atoms with E-state index in [1.165, 1.54) is 8.45 Å². The van der Waals surface area contributed by atoms with Gasteiger partial charge in [-0.2, -0.15) is 0 Å². The number of hydrogen-bond acceptors (Lipinski definition) is 3. The fourth-order valence-electron chi connectivity index (χ4n) is 1.90. The Morgan fingerprint density at radius 1 is 1.26 bits per heavy atom. The van der Waals surface area contributed by atoms with Crippen LogP contribution in [-0.4, -0.2) is 14.2 Å².